The van der Waals surface area contributed by atoms with Crippen LogP contribution >= 0.6 is 0 Å². The summed E-state index contributed by atoms with van der Waals surface area (Å²) in [5.41, 5.74) is 0.363. The summed E-state index contributed by atoms with van der Waals surface area (Å²) in [4.78, 5) is 2.52. The normalized spacial score (nSPS) is 21.0. The number of rotatable bonds is 0. The van der Waals surface area contributed by atoms with Crippen LogP contribution in [-0.2, 0) is 0 Å². The fourth-order valence-corrected chi connectivity index (χ4v) is 1.34. The van der Waals surface area contributed by atoms with E-state index >= 15 is 0 Å². The van der Waals surface area contributed by atoms with E-state index in [0.717, 1.165) is 13.1 Å². The predicted octanol–water partition coefficient (Wildman–Crippen LogP) is 1.33. The van der Waals surface area contributed by atoms with Crippen molar-refractivity contribution in [3.63, 3.8) is 0 Å². The first-order valence-electron chi connectivity index (χ1n) is 4.06. The van der Waals surface area contributed by atoms with Crippen molar-refractivity contribution in [2.45, 2.75) is 33.7 Å². The number of hydrogen-bond acceptors (Lipinski definition) is 2. The third-order valence-electron chi connectivity index (χ3n) is 2.07. The minimum atomic E-state index is 0. The molecule has 1 aliphatic rings. The number of hydrogen-bond donors (Lipinski definition) is 1. The average Bonchev–Trinajstić information content (AvgIpc) is 1.88. The Hall–Kier alpha value is -0.0800. The summed E-state index contributed by atoms with van der Waals surface area (Å²) in [7, 11) is 0. The van der Waals surface area contributed by atoms with Crippen LogP contribution < -0.4 is 5.32 Å². The van der Waals surface area contributed by atoms with Gasteiger partial charge in [-0.2, -0.15) is 0 Å². The molecule has 1 aliphatic heterocycles. The summed E-state index contributed by atoms with van der Waals surface area (Å²) in [6.45, 7) is 11.5. The van der Waals surface area contributed by atoms with Crippen molar-refractivity contribution in [3.05, 3.63) is 0 Å². The molecule has 1 saturated heterocycles. The van der Waals surface area contributed by atoms with Gasteiger partial charge in [0.1, 0.15) is 0 Å². The summed E-state index contributed by atoms with van der Waals surface area (Å²) >= 11 is 0. The third-order valence-corrected chi connectivity index (χ3v) is 2.07. The molecule has 1 rings (SSSR count). The quantitative estimate of drug-likeness (QED) is 0.572. The second kappa shape index (κ2) is 4.07. The van der Waals surface area contributed by atoms with Crippen molar-refractivity contribution in [3.8, 4) is 0 Å². The Morgan fingerprint density at radius 3 is 1.82 bits per heavy atom. The molecular formula is C9H22N2. The van der Waals surface area contributed by atoms with E-state index in [0.29, 0.717) is 5.54 Å². The zero-order valence-corrected chi connectivity index (χ0v) is 7.28. The monoisotopic (exact) mass is 158 g/mol. The van der Waals surface area contributed by atoms with E-state index in [-0.39, 0.29) is 7.43 Å². The van der Waals surface area contributed by atoms with Gasteiger partial charge < -0.3 is 5.32 Å². The zero-order chi connectivity index (χ0) is 7.61. The zero-order valence-electron chi connectivity index (χ0n) is 7.28. The molecule has 2 heteroatoms. The molecule has 0 aromatic rings. The van der Waals surface area contributed by atoms with E-state index in [2.05, 4.69) is 31.0 Å². The van der Waals surface area contributed by atoms with Gasteiger partial charge in [-0.1, -0.05) is 7.43 Å². The fraction of sp³-hybridized carbons (Fsp3) is 1.00. The molecule has 0 bridgehead atoms. The van der Waals surface area contributed by atoms with Crippen LogP contribution in [0.15, 0.2) is 0 Å². The molecule has 0 radical (unpaired) electrons. The van der Waals surface area contributed by atoms with E-state index < -0.39 is 0 Å². The van der Waals surface area contributed by atoms with Crippen LogP contribution in [0.4, 0.5) is 0 Å². The van der Waals surface area contributed by atoms with Crippen molar-refractivity contribution in [2.75, 3.05) is 26.2 Å². The van der Waals surface area contributed by atoms with Gasteiger partial charge in [-0.3, -0.25) is 4.90 Å². The highest BCUT2D eigenvalue weighted by atomic mass is 15.2. The van der Waals surface area contributed by atoms with Crippen LogP contribution in [0.1, 0.15) is 28.2 Å². The summed E-state index contributed by atoms with van der Waals surface area (Å²) in [6.07, 6.45) is 0. The lowest BCUT2D eigenvalue weighted by molar-refractivity contribution is 0.119. The van der Waals surface area contributed by atoms with Crippen LogP contribution in [-0.4, -0.2) is 36.6 Å². The van der Waals surface area contributed by atoms with Crippen LogP contribution in [0.2, 0.25) is 0 Å². The van der Waals surface area contributed by atoms with Gasteiger partial charge in [0.25, 0.3) is 0 Å². The smallest absolute Gasteiger partial charge is 0.0126 e. The van der Waals surface area contributed by atoms with E-state index in [9.17, 15) is 0 Å². The SMILES string of the molecule is C.CC(C)(C)N1CCNCC1. The molecule has 1 fully saturated rings. The van der Waals surface area contributed by atoms with Gasteiger partial charge in [0.05, 0.1) is 0 Å². The van der Waals surface area contributed by atoms with E-state index in [1.54, 1.807) is 0 Å². The maximum Gasteiger partial charge on any atom is 0.0126 e. The predicted molar refractivity (Wildman–Crippen MR) is 50.9 cm³/mol. The number of piperazine rings is 1. The van der Waals surface area contributed by atoms with Gasteiger partial charge in [0.2, 0.25) is 0 Å². The molecule has 1 N–H and O–H groups in total. The van der Waals surface area contributed by atoms with Crippen molar-refractivity contribution in [1.82, 2.24) is 10.2 Å². The first-order valence-corrected chi connectivity index (χ1v) is 4.06. The van der Waals surface area contributed by atoms with Crippen molar-refractivity contribution < 1.29 is 0 Å². The molecule has 0 atom stereocenters. The molecule has 0 aromatic heterocycles. The molecule has 0 aromatic carbocycles. The molecule has 0 unspecified atom stereocenters. The molecule has 1 heterocycles. The van der Waals surface area contributed by atoms with Crippen LogP contribution in [0.5, 0.6) is 0 Å². The Kier molecular flexibility index (Phi) is 4.04. The molecular weight excluding hydrogens is 136 g/mol. The second-order valence-corrected chi connectivity index (χ2v) is 3.91. The Labute approximate surface area is 71.0 Å². The Balaban J connectivity index is 0.000001000. The van der Waals surface area contributed by atoms with E-state index in [4.69, 9.17) is 0 Å². The minimum Gasteiger partial charge on any atom is -0.314 e. The lowest BCUT2D eigenvalue weighted by Gasteiger charge is -2.38. The van der Waals surface area contributed by atoms with Gasteiger partial charge in [-0.25, -0.2) is 0 Å². The van der Waals surface area contributed by atoms with Gasteiger partial charge in [0, 0.05) is 31.7 Å². The topological polar surface area (TPSA) is 15.3 Å². The fourth-order valence-electron chi connectivity index (χ4n) is 1.34. The summed E-state index contributed by atoms with van der Waals surface area (Å²) in [6, 6.07) is 0. The first kappa shape index (κ1) is 10.9. The number of nitrogens with one attached hydrogen (secondary N) is 1. The largest absolute Gasteiger partial charge is 0.314 e. The van der Waals surface area contributed by atoms with Gasteiger partial charge in [0.15, 0.2) is 0 Å². The minimum absolute atomic E-state index is 0. The van der Waals surface area contributed by atoms with Gasteiger partial charge >= 0.3 is 0 Å². The van der Waals surface area contributed by atoms with Crippen LogP contribution in [0, 0.1) is 0 Å². The maximum atomic E-state index is 3.35. The van der Waals surface area contributed by atoms with Crippen molar-refractivity contribution >= 4 is 0 Å². The van der Waals surface area contributed by atoms with Gasteiger partial charge in [-0.05, 0) is 20.8 Å². The lowest BCUT2D eigenvalue weighted by atomic mass is 10.1. The lowest BCUT2D eigenvalue weighted by Crippen LogP contribution is -2.51. The van der Waals surface area contributed by atoms with E-state index in [1.807, 2.05) is 0 Å². The first-order chi connectivity index (χ1) is 4.61. The van der Waals surface area contributed by atoms with E-state index in [1.165, 1.54) is 13.1 Å². The van der Waals surface area contributed by atoms with Gasteiger partial charge in [-0.15, -0.1) is 0 Å². The summed E-state index contributed by atoms with van der Waals surface area (Å²) < 4.78 is 0. The van der Waals surface area contributed by atoms with Crippen molar-refractivity contribution in [2.24, 2.45) is 0 Å². The Morgan fingerprint density at radius 1 is 1.09 bits per heavy atom. The highest BCUT2D eigenvalue weighted by Crippen LogP contribution is 2.12. The van der Waals surface area contributed by atoms with Crippen LogP contribution in [0.3, 0.4) is 0 Å². The molecule has 68 valence electrons. The summed E-state index contributed by atoms with van der Waals surface area (Å²) in [5.74, 6) is 0. The molecule has 0 aliphatic carbocycles. The highest BCUT2D eigenvalue weighted by molar-refractivity contribution is 4.79. The molecule has 0 saturated carbocycles. The highest BCUT2D eigenvalue weighted by Gasteiger charge is 2.21. The Bertz CT molecular complexity index is 98.6. The average molecular weight is 158 g/mol. The number of nitrogens with zero attached hydrogens (tertiary/aromatic N) is 1. The molecule has 11 heavy (non-hydrogen) atoms. The summed E-state index contributed by atoms with van der Waals surface area (Å²) in [5, 5.41) is 3.35. The Morgan fingerprint density at radius 2 is 1.55 bits per heavy atom. The second-order valence-electron chi connectivity index (χ2n) is 3.91. The molecule has 0 spiro atoms. The molecule has 2 nitrogen and oxygen atoms in total. The third kappa shape index (κ3) is 3.21. The molecule has 0 amide bonds. The maximum absolute atomic E-state index is 3.35. The standard InChI is InChI=1S/C8H18N2.CH4/c1-8(2,3)10-6-4-9-5-7-10;/h9H,4-7H2,1-3H3;1H4. The van der Waals surface area contributed by atoms with Crippen molar-refractivity contribution in [1.29, 1.82) is 0 Å². The van der Waals surface area contributed by atoms with Crippen LogP contribution in [0.25, 0.3) is 0 Å².